The number of hydrogen-bond donors (Lipinski definition) is 1. The van der Waals surface area contributed by atoms with Crippen LogP contribution >= 0.6 is 11.3 Å². The monoisotopic (exact) mass is 538 g/mol. The molecule has 11 nitrogen and oxygen atoms in total. The molecule has 0 aliphatic carbocycles. The van der Waals surface area contributed by atoms with E-state index in [0.717, 1.165) is 54.6 Å². The molecule has 0 fully saturated rings. The Morgan fingerprint density at radius 2 is 1.66 bits per heavy atom. The van der Waals surface area contributed by atoms with Gasteiger partial charge in [0.1, 0.15) is 4.21 Å². The number of sulfonamides is 1. The number of nitrogens with one attached hydrogen (secondary N) is 1. The smallest absolute Gasteiger partial charge is 0.269 e. The maximum absolute atomic E-state index is 12.8. The van der Waals surface area contributed by atoms with E-state index in [1.54, 1.807) is 0 Å². The van der Waals surface area contributed by atoms with Crippen LogP contribution in [0.25, 0.3) is 0 Å². The molecule has 3 aromatic rings. The van der Waals surface area contributed by atoms with Crippen molar-refractivity contribution in [2.75, 3.05) is 18.9 Å². The Balaban J connectivity index is 1.72. The molecule has 1 N–H and O–H groups in total. The molecule has 1 aromatic heterocycles. The van der Waals surface area contributed by atoms with E-state index in [4.69, 9.17) is 0 Å². The van der Waals surface area contributed by atoms with Crippen LogP contribution in [0.2, 0.25) is 0 Å². The number of non-ortho nitro benzene ring substituents is 1. The molecule has 1 heterocycles. The summed E-state index contributed by atoms with van der Waals surface area (Å²) in [4.78, 5) is 26.5. The van der Waals surface area contributed by atoms with Crippen LogP contribution in [0.1, 0.15) is 30.1 Å². The van der Waals surface area contributed by atoms with Crippen molar-refractivity contribution < 1.29 is 26.6 Å². The largest absolute Gasteiger partial charge is 0.298 e. The molecule has 0 atom stereocenters. The molecule has 0 unspecified atom stereocenters. The van der Waals surface area contributed by atoms with Crippen LogP contribution < -0.4 is 5.32 Å². The second-order valence-corrected chi connectivity index (χ2v) is 12.6. The van der Waals surface area contributed by atoms with Gasteiger partial charge < -0.3 is 0 Å². The molecule has 0 saturated carbocycles. The van der Waals surface area contributed by atoms with Crippen molar-refractivity contribution in [3.8, 4) is 0 Å². The number of sulfone groups is 1. The van der Waals surface area contributed by atoms with E-state index in [1.807, 2.05) is 6.92 Å². The van der Waals surface area contributed by atoms with Gasteiger partial charge in [-0.15, -0.1) is 0 Å². The third-order valence-corrected chi connectivity index (χ3v) is 9.99. The number of rotatable bonds is 10. The van der Waals surface area contributed by atoms with Crippen LogP contribution in [-0.2, 0) is 19.9 Å². The molecule has 186 valence electrons. The van der Waals surface area contributed by atoms with Gasteiger partial charge in [0.15, 0.2) is 5.13 Å². The fourth-order valence-electron chi connectivity index (χ4n) is 2.93. The minimum atomic E-state index is -3.99. The fourth-order valence-corrected chi connectivity index (χ4v) is 6.57. The van der Waals surface area contributed by atoms with Crippen LogP contribution in [0, 0.1) is 10.1 Å². The molecule has 0 aliphatic rings. The Labute approximate surface area is 206 Å². The first-order chi connectivity index (χ1) is 16.5. The van der Waals surface area contributed by atoms with Crippen molar-refractivity contribution in [1.82, 2.24) is 9.29 Å². The van der Waals surface area contributed by atoms with Crippen LogP contribution in [-0.4, -0.2) is 50.5 Å². The number of nitro benzene ring substituents is 1. The maximum atomic E-state index is 12.8. The van der Waals surface area contributed by atoms with Crippen molar-refractivity contribution in [3.63, 3.8) is 0 Å². The van der Waals surface area contributed by atoms with Gasteiger partial charge in [-0.3, -0.25) is 20.2 Å². The summed E-state index contributed by atoms with van der Waals surface area (Å²) in [6.45, 7) is 2.35. The third kappa shape index (κ3) is 5.90. The second-order valence-electron chi connectivity index (χ2n) is 7.40. The molecule has 0 saturated heterocycles. The Bertz CT molecular complexity index is 1430. The minimum Gasteiger partial charge on any atom is -0.298 e. The predicted octanol–water partition coefficient (Wildman–Crippen LogP) is 3.56. The fraction of sp³-hybridized carbons (Fsp3) is 0.238. The number of nitro groups is 1. The number of aromatic nitrogens is 1. The van der Waals surface area contributed by atoms with E-state index in [0.29, 0.717) is 6.54 Å². The van der Waals surface area contributed by atoms with Crippen molar-refractivity contribution >= 4 is 47.9 Å². The first-order valence-electron chi connectivity index (χ1n) is 10.3. The van der Waals surface area contributed by atoms with Crippen LogP contribution in [0.5, 0.6) is 0 Å². The Hall–Kier alpha value is -3.20. The van der Waals surface area contributed by atoms with E-state index in [9.17, 15) is 31.7 Å². The summed E-state index contributed by atoms with van der Waals surface area (Å²) in [5.41, 5.74) is -0.0808. The highest BCUT2D eigenvalue weighted by Crippen LogP contribution is 2.29. The first kappa shape index (κ1) is 26.4. The molecule has 2 aromatic carbocycles. The van der Waals surface area contributed by atoms with Gasteiger partial charge in [-0.2, -0.15) is 0 Å². The number of benzene rings is 2. The topological polar surface area (TPSA) is 157 Å². The number of hydrogen-bond acceptors (Lipinski definition) is 9. The normalized spacial score (nSPS) is 12.0. The lowest BCUT2D eigenvalue weighted by Gasteiger charge is -2.16. The molecular formula is C21H22N4O7S3. The number of unbranched alkanes of at least 4 members (excludes halogenated alkanes) is 1. The van der Waals surface area contributed by atoms with Crippen LogP contribution in [0.15, 0.2) is 68.7 Å². The molecule has 0 aliphatic heterocycles. The summed E-state index contributed by atoms with van der Waals surface area (Å²) in [6.07, 6.45) is 2.66. The summed E-state index contributed by atoms with van der Waals surface area (Å²) in [5, 5.41) is 13.3. The average Bonchev–Trinajstić information content (AvgIpc) is 3.32. The summed E-state index contributed by atoms with van der Waals surface area (Å²) < 4.78 is 51.8. The third-order valence-electron chi connectivity index (χ3n) is 4.98. The van der Waals surface area contributed by atoms with E-state index in [1.165, 1.54) is 35.6 Å². The van der Waals surface area contributed by atoms with E-state index in [2.05, 4.69) is 10.3 Å². The molecule has 0 radical (unpaired) electrons. The molecule has 35 heavy (non-hydrogen) atoms. The SMILES string of the molecule is CCCCN(C)S(=O)(=O)c1ccc(C(=O)Nc2ncc(S(=O)(=O)c3ccc([N+](=O)[O-])cc3)s2)cc1. The van der Waals surface area contributed by atoms with Crippen LogP contribution in [0.3, 0.4) is 0 Å². The van der Waals surface area contributed by atoms with Gasteiger partial charge in [-0.25, -0.2) is 26.1 Å². The lowest BCUT2D eigenvalue weighted by atomic mass is 10.2. The number of carbonyl (C=O) groups excluding carboxylic acids is 1. The summed E-state index contributed by atoms with van der Waals surface area (Å²) in [6, 6.07) is 9.81. The number of nitrogens with zero attached hydrogens (tertiary/aromatic N) is 3. The number of thiazole rings is 1. The predicted molar refractivity (Wildman–Crippen MR) is 130 cm³/mol. The van der Waals surface area contributed by atoms with Gasteiger partial charge >= 0.3 is 0 Å². The first-order valence-corrected chi connectivity index (χ1v) is 14.0. The van der Waals surface area contributed by atoms with Crippen molar-refractivity contribution in [2.45, 2.75) is 33.8 Å². The summed E-state index contributed by atoms with van der Waals surface area (Å²) in [7, 11) is -6.16. The maximum Gasteiger partial charge on any atom is 0.269 e. The van der Waals surface area contributed by atoms with Gasteiger partial charge in [-0.05, 0) is 42.8 Å². The zero-order valence-electron chi connectivity index (χ0n) is 18.7. The standard InChI is InChI=1S/C21H22N4O7S3/c1-3-4-13-24(2)35(31,32)18-9-5-15(6-10-18)20(26)23-21-22-14-19(33-21)34(29,30)17-11-7-16(8-12-17)25(27)28/h5-12,14H,3-4,13H2,1-2H3,(H,22,23,26). The highest BCUT2D eigenvalue weighted by atomic mass is 32.2. The van der Waals surface area contributed by atoms with Crippen molar-refractivity contribution in [2.24, 2.45) is 0 Å². The molecule has 0 spiro atoms. The highest BCUT2D eigenvalue weighted by molar-refractivity contribution is 7.93. The quantitative estimate of drug-likeness (QED) is 0.303. The highest BCUT2D eigenvalue weighted by Gasteiger charge is 2.23. The van der Waals surface area contributed by atoms with Crippen LogP contribution in [0.4, 0.5) is 10.8 Å². The number of anilines is 1. The second kappa shape index (κ2) is 10.6. The Morgan fingerprint density at radius 3 is 2.23 bits per heavy atom. The van der Waals surface area contributed by atoms with Gasteiger partial charge in [-0.1, -0.05) is 24.7 Å². The molecule has 0 bridgehead atoms. The van der Waals surface area contributed by atoms with Gasteiger partial charge in [0.05, 0.1) is 20.9 Å². The Morgan fingerprint density at radius 1 is 1.06 bits per heavy atom. The lowest BCUT2D eigenvalue weighted by molar-refractivity contribution is -0.384. The van der Waals surface area contributed by atoms with E-state index < -0.39 is 30.7 Å². The molecule has 3 rings (SSSR count). The minimum absolute atomic E-state index is 0.0199. The zero-order valence-corrected chi connectivity index (χ0v) is 21.2. The summed E-state index contributed by atoms with van der Waals surface area (Å²) >= 11 is 0.720. The lowest BCUT2D eigenvalue weighted by Crippen LogP contribution is -2.28. The zero-order chi connectivity index (χ0) is 25.8. The number of carbonyl (C=O) groups is 1. The van der Waals surface area contributed by atoms with E-state index in [-0.39, 0.29) is 30.4 Å². The van der Waals surface area contributed by atoms with Gasteiger partial charge in [0.25, 0.3) is 11.6 Å². The Kier molecular flexibility index (Phi) is 8.00. The van der Waals surface area contributed by atoms with Gasteiger partial charge in [0, 0.05) is 31.3 Å². The van der Waals surface area contributed by atoms with Gasteiger partial charge in [0.2, 0.25) is 19.9 Å². The van der Waals surface area contributed by atoms with E-state index >= 15 is 0 Å². The molecular weight excluding hydrogens is 516 g/mol. The molecule has 14 heteroatoms. The number of amides is 1. The molecule has 1 amide bonds. The van der Waals surface area contributed by atoms with Crippen molar-refractivity contribution in [1.29, 1.82) is 0 Å². The van der Waals surface area contributed by atoms with Crippen molar-refractivity contribution in [3.05, 3.63) is 70.4 Å². The summed E-state index contributed by atoms with van der Waals surface area (Å²) in [5.74, 6) is -0.595. The average molecular weight is 539 g/mol.